The van der Waals surface area contributed by atoms with Crippen LogP contribution in [0.5, 0.6) is 0 Å². The van der Waals surface area contributed by atoms with Crippen molar-refractivity contribution in [3.05, 3.63) is 0 Å². The van der Waals surface area contributed by atoms with Crippen LogP contribution in [0.15, 0.2) is 0 Å². The van der Waals surface area contributed by atoms with Crippen LogP contribution in [0, 0.1) is 5.92 Å². The Morgan fingerprint density at radius 2 is 1.56 bits per heavy atom. The predicted octanol–water partition coefficient (Wildman–Crippen LogP) is 3.17. The fraction of sp³-hybridized carbons (Fsp3) is 1.00. The van der Waals surface area contributed by atoms with Crippen LogP contribution >= 0.6 is 0 Å². The summed E-state index contributed by atoms with van der Waals surface area (Å²) in [5, 5.41) is 4.04. The Balaban J connectivity index is 1.56. The SMILES string of the molecule is CC1CCCCCC1NC1CC2CCC(C1)N2C. The third-order valence-electron chi connectivity index (χ3n) is 5.91. The molecule has 3 fully saturated rings. The van der Waals surface area contributed by atoms with Gasteiger partial charge in [-0.3, -0.25) is 0 Å². The average molecular weight is 250 g/mol. The summed E-state index contributed by atoms with van der Waals surface area (Å²) in [5.74, 6) is 0.893. The van der Waals surface area contributed by atoms with Crippen LogP contribution in [-0.2, 0) is 0 Å². The van der Waals surface area contributed by atoms with Gasteiger partial charge in [0.05, 0.1) is 0 Å². The maximum absolute atomic E-state index is 4.04. The molecule has 0 aromatic carbocycles. The van der Waals surface area contributed by atoms with Crippen LogP contribution in [0.1, 0.15) is 64.7 Å². The van der Waals surface area contributed by atoms with E-state index in [9.17, 15) is 0 Å². The normalized spacial score (nSPS) is 46.0. The molecule has 18 heavy (non-hydrogen) atoms. The average Bonchev–Trinajstić information content (AvgIpc) is 2.59. The van der Waals surface area contributed by atoms with Crippen LogP contribution in [0.4, 0.5) is 0 Å². The molecule has 3 rings (SSSR count). The summed E-state index contributed by atoms with van der Waals surface area (Å²) in [6.45, 7) is 2.46. The smallest absolute Gasteiger partial charge is 0.0111 e. The lowest BCUT2D eigenvalue weighted by Gasteiger charge is -2.39. The number of rotatable bonds is 2. The van der Waals surface area contributed by atoms with E-state index >= 15 is 0 Å². The molecule has 2 nitrogen and oxygen atoms in total. The zero-order valence-corrected chi connectivity index (χ0v) is 12.2. The predicted molar refractivity (Wildman–Crippen MR) is 76.8 cm³/mol. The van der Waals surface area contributed by atoms with Crippen LogP contribution in [0.25, 0.3) is 0 Å². The molecular formula is C16H30N2. The number of nitrogens with one attached hydrogen (secondary N) is 1. The summed E-state index contributed by atoms with van der Waals surface area (Å²) in [6, 6.07) is 3.37. The zero-order chi connectivity index (χ0) is 12.5. The first-order valence-electron chi connectivity index (χ1n) is 8.22. The molecule has 0 spiro atoms. The van der Waals surface area contributed by atoms with E-state index in [0.29, 0.717) is 0 Å². The molecule has 1 aliphatic carbocycles. The second-order valence-electron chi connectivity index (χ2n) is 7.11. The molecule has 0 amide bonds. The van der Waals surface area contributed by atoms with Gasteiger partial charge >= 0.3 is 0 Å². The van der Waals surface area contributed by atoms with Gasteiger partial charge in [0.15, 0.2) is 0 Å². The van der Waals surface area contributed by atoms with Gasteiger partial charge in [-0.2, -0.15) is 0 Å². The highest BCUT2D eigenvalue weighted by atomic mass is 15.2. The van der Waals surface area contributed by atoms with E-state index in [0.717, 1.165) is 30.1 Å². The highest BCUT2D eigenvalue weighted by Crippen LogP contribution is 2.35. The molecular weight excluding hydrogens is 220 g/mol. The van der Waals surface area contributed by atoms with Gasteiger partial charge < -0.3 is 10.2 Å². The van der Waals surface area contributed by atoms with E-state index in [1.54, 1.807) is 0 Å². The minimum atomic E-state index is 0.806. The molecule has 2 aliphatic heterocycles. The summed E-state index contributed by atoms with van der Waals surface area (Å²) in [6.07, 6.45) is 12.9. The van der Waals surface area contributed by atoms with Crippen LogP contribution in [0.2, 0.25) is 0 Å². The first-order valence-corrected chi connectivity index (χ1v) is 8.22. The Labute approximate surface area is 113 Å². The minimum Gasteiger partial charge on any atom is -0.311 e. The summed E-state index contributed by atoms with van der Waals surface area (Å²) >= 11 is 0. The minimum absolute atomic E-state index is 0.806. The Hall–Kier alpha value is -0.0800. The van der Waals surface area contributed by atoms with E-state index in [4.69, 9.17) is 0 Å². The van der Waals surface area contributed by atoms with Gasteiger partial charge in [-0.25, -0.2) is 0 Å². The first kappa shape index (κ1) is 12.9. The Bertz CT molecular complexity index is 264. The van der Waals surface area contributed by atoms with Gasteiger partial charge in [-0.1, -0.05) is 26.2 Å². The molecule has 0 aromatic heterocycles. The lowest BCUT2D eigenvalue weighted by molar-refractivity contribution is 0.136. The molecule has 4 atom stereocenters. The van der Waals surface area contributed by atoms with Crippen molar-refractivity contribution >= 4 is 0 Å². The van der Waals surface area contributed by atoms with Gasteiger partial charge in [0.25, 0.3) is 0 Å². The summed E-state index contributed by atoms with van der Waals surface area (Å²) in [7, 11) is 2.34. The maximum Gasteiger partial charge on any atom is 0.0111 e. The van der Waals surface area contributed by atoms with Crippen LogP contribution in [-0.4, -0.2) is 36.1 Å². The van der Waals surface area contributed by atoms with Crippen molar-refractivity contribution < 1.29 is 0 Å². The molecule has 2 heterocycles. The third-order valence-corrected chi connectivity index (χ3v) is 5.91. The van der Waals surface area contributed by atoms with E-state index < -0.39 is 0 Å². The number of piperidine rings is 1. The molecule has 2 saturated heterocycles. The number of hydrogen-bond acceptors (Lipinski definition) is 2. The quantitative estimate of drug-likeness (QED) is 0.757. The molecule has 104 valence electrons. The number of fused-ring (bicyclic) bond motifs is 2. The molecule has 4 unspecified atom stereocenters. The third kappa shape index (κ3) is 2.60. The molecule has 1 saturated carbocycles. The van der Waals surface area contributed by atoms with Gasteiger partial charge in [-0.15, -0.1) is 0 Å². The van der Waals surface area contributed by atoms with Crippen molar-refractivity contribution in [1.82, 2.24) is 10.2 Å². The Kier molecular flexibility index (Phi) is 3.95. The topological polar surface area (TPSA) is 15.3 Å². The first-order chi connectivity index (χ1) is 8.74. The summed E-state index contributed by atoms with van der Waals surface area (Å²) in [4.78, 5) is 2.65. The monoisotopic (exact) mass is 250 g/mol. The van der Waals surface area contributed by atoms with Crippen molar-refractivity contribution in [2.45, 2.75) is 88.9 Å². The summed E-state index contributed by atoms with van der Waals surface area (Å²) in [5.41, 5.74) is 0. The molecule has 2 heteroatoms. The molecule has 0 radical (unpaired) electrons. The standard InChI is InChI=1S/C16H30N2/c1-12-6-4-3-5-7-16(12)17-13-10-14-8-9-15(11-13)18(14)2/h12-17H,3-11H2,1-2H3. The van der Waals surface area contributed by atoms with E-state index in [2.05, 4.69) is 24.2 Å². The fourth-order valence-corrected chi connectivity index (χ4v) is 4.59. The number of hydrogen-bond donors (Lipinski definition) is 1. The van der Waals surface area contributed by atoms with Crippen molar-refractivity contribution in [2.24, 2.45) is 5.92 Å². The largest absolute Gasteiger partial charge is 0.311 e. The molecule has 0 aromatic rings. The van der Waals surface area contributed by atoms with Crippen molar-refractivity contribution in [2.75, 3.05) is 7.05 Å². The lowest BCUT2D eigenvalue weighted by atomic mass is 9.92. The highest BCUT2D eigenvalue weighted by Gasteiger charge is 2.39. The van der Waals surface area contributed by atoms with Crippen molar-refractivity contribution in [3.8, 4) is 0 Å². The zero-order valence-electron chi connectivity index (χ0n) is 12.2. The van der Waals surface area contributed by atoms with E-state index in [1.807, 2.05) is 0 Å². The number of nitrogens with zero attached hydrogens (tertiary/aromatic N) is 1. The van der Waals surface area contributed by atoms with E-state index in [-0.39, 0.29) is 0 Å². The van der Waals surface area contributed by atoms with Crippen LogP contribution in [0.3, 0.4) is 0 Å². The van der Waals surface area contributed by atoms with Crippen molar-refractivity contribution in [1.29, 1.82) is 0 Å². The van der Waals surface area contributed by atoms with Gasteiger partial charge in [0.2, 0.25) is 0 Å². The van der Waals surface area contributed by atoms with Gasteiger partial charge in [0, 0.05) is 24.2 Å². The van der Waals surface area contributed by atoms with E-state index in [1.165, 1.54) is 57.8 Å². The molecule has 1 N–H and O–H groups in total. The van der Waals surface area contributed by atoms with Crippen LogP contribution < -0.4 is 5.32 Å². The molecule has 2 bridgehead atoms. The Morgan fingerprint density at radius 3 is 2.28 bits per heavy atom. The fourth-order valence-electron chi connectivity index (χ4n) is 4.59. The van der Waals surface area contributed by atoms with Gasteiger partial charge in [0.1, 0.15) is 0 Å². The van der Waals surface area contributed by atoms with Crippen molar-refractivity contribution in [3.63, 3.8) is 0 Å². The molecule has 3 aliphatic rings. The highest BCUT2D eigenvalue weighted by molar-refractivity contribution is 4.97. The summed E-state index contributed by atoms with van der Waals surface area (Å²) < 4.78 is 0. The lowest BCUT2D eigenvalue weighted by Crippen LogP contribution is -2.51. The second kappa shape index (κ2) is 5.50. The van der Waals surface area contributed by atoms with Gasteiger partial charge in [-0.05, 0) is 51.5 Å². The Morgan fingerprint density at radius 1 is 0.889 bits per heavy atom. The maximum atomic E-state index is 4.04. The second-order valence-corrected chi connectivity index (χ2v) is 7.11.